The molecule has 1 heterocycles. The van der Waals surface area contributed by atoms with E-state index in [2.05, 4.69) is 4.98 Å². The van der Waals surface area contributed by atoms with Crippen LogP contribution in [0.1, 0.15) is 16.3 Å². The number of aliphatic hydroxyl groups excluding tert-OH is 1. The van der Waals surface area contributed by atoms with Crippen molar-refractivity contribution in [2.24, 2.45) is 0 Å². The fraction of sp³-hybridized carbons (Fsp3) is 0.182. The van der Waals surface area contributed by atoms with E-state index in [0.29, 0.717) is 22.2 Å². The van der Waals surface area contributed by atoms with Crippen molar-refractivity contribution in [2.75, 3.05) is 0 Å². The Bertz CT molecular complexity index is 498. The number of hydrogen-bond acceptors (Lipinski definition) is 3. The monoisotopic (exact) mass is 273 g/mol. The van der Waals surface area contributed by atoms with Gasteiger partial charge in [-0.2, -0.15) is 0 Å². The molecule has 2 nitrogen and oxygen atoms in total. The fourth-order valence-electron chi connectivity index (χ4n) is 1.33. The first-order valence-corrected chi connectivity index (χ1v) is 6.30. The van der Waals surface area contributed by atoms with Crippen molar-refractivity contribution in [3.63, 3.8) is 0 Å². The summed E-state index contributed by atoms with van der Waals surface area (Å²) in [6.07, 6.45) is 0.667. The van der Waals surface area contributed by atoms with Crippen LogP contribution >= 0.6 is 34.5 Å². The molecule has 0 atom stereocenters. The molecule has 0 radical (unpaired) electrons. The van der Waals surface area contributed by atoms with Gasteiger partial charge < -0.3 is 5.11 Å². The van der Waals surface area contributed by atoms with E-state index in [9.17, 15) is 0 Å². The van der Waals surface area contributed by atoms with Gasteiger partial charge in [0.1, 0.15) is 0 Å². The molecule has 0 bridgehead atoms. The Morgan fingerprint density at radius 1 is 1.31 bits per heavy atom. The van der Waals surface area contributed by atoms with Crippen LogP contribution in [0.4, 0.5) is 0 Å². The molecule has 0 aliphatic carbocycles. The highest BCUT2D eigenvalue weighted by molar-refractivity contribution is 7.09. The first kappa shape index (κ1) is 11.9. The van der Waals surface area contributed by atoms with Gasteiger partial charge >= 0.3 is 0 Å². The second kappa shape index (κ2) is 5.15. The Hall–Kier alpha value is -0.610. The molecule has 1 aromatic carbocycles. The molecule has 0 spiro atoms. The third-order valence-corrected chi connectivity index (χ3v) is 3.60. The minimum absolute atomic E-state index is 0.0230. The summed E-state index contributed by atoms with van der Waals surface area (Å²) in [6, 6.07) is 5.42. The maximum Gasteiger partial charge on any atom is 0.0973 e. The Morgan fingerprint density at radius 3 is 2.75 bits per heavy atom. The molecule has 0 aliphatic rings. The lowest BCUT2D eigenvalue weighted by molar-refractivity contribution is 0.277. The van der Waals surface area contributed by atoms with Gasteiger partial charge in [0.05, 0.1) is 17.3 Å². The summed E-state index contributed by atoms with van der Waals surface area (Å²) in [5.74, 6) is 0. The van der Waals surface area contributed by atoms with Gasteiger partial charge in [-0.25, -0.2) is 4.98 Å². The summed E-state index contributed by atoms with van der Waals surface area (Å²) in [5.41, 5.74) is 1.69. The molecule has 0 unspecified atom stereocenters. The number of benzene rings is 1. The van der Waals surface area contributed by atoms with Gasteiger partial charge in [-0.1, -0.05) is 29.3 Å². The molecule has 2 aromatic rings. The van der Waals surface area contributed by atoms with Crippen molar-refractivity contribution in [3.8, 4) is 0 Å². The Balaban J connectivity index is 2.20. The maximum atomic E-state index is 8.91. The normalized spacial score (nSPS) is 10.7. The van der Waals surface area contributed by atoms with E-state index in [-0.39, 0.29) is 6.61 Å². The largest absolute Gasteiger partial charge is 0.390 e. The van der Waals surface area contributed by atoms with Crippen molar-refractivity contribution in [1.29, 1.82) is 0 Å². The van der Waals surface area contributed by atoms with Gasteiger partial charge in [-0.05, 0) is 17.7 Å². The third kappa shape index (κ3) is 2.74. The number of aromatic nitrogens is 1. The molecular weight excluding hydrogens is 265 g/mol. The van der Waals surface area contributed by atoms with Crippen LogP contribution < -0.4 is 0 Å². The molecule has 0 aliphatic heterocycles. The van der Waals surface area contributed by atoms with Gasteiger partial charge in [-0.3, -0.25) is 0 Å². The Labute approximate surface area is 107 Å². The first-order valence-electron chi connectivity index (χ1n) is 4.67. The predicted octanol–water partition coefficient (Wildman–Crippen LogP) is 3.53. The van der Waals surface area contributed by atoms with Gasteiger partial charge in [0, 0.05) is 21.8 Å². The molecule has 1 aromatic heterocycles. The molecule has 84 valence electrons. The molecule has 0 amide bonds. The zero-order chi connectivity index (χ0) is 11.5. The molecule has 2 rings (SSSR count). The minimum atomic E-state index is -0.0230. The van der Waals surface area contributed by atoms with Crippen LogP contribution in [0.3, 0.4) is 0 Å². The average Bonchev–Trinajstić information content (AvgIpc) is 2.70. The van der Waals surface area contributed by atoms with Crippen molar-refractivity contribution in [3.05, 3.63) is 49.9 Å². The summed E-state index contributed by atoms with van der Waals surface area (Å²) in [5, 5.41) is 13.0. The molecule has 16 heavy (non-hydrogen) atoms. The SMILES string of the molecule is OCc1csc(Cc2ccc(Cl)cc2Cl)n1. The van der Waals surface area contributed by atoms with Gasteiger partial charge in [-0.15, -0.1) is 11.3 Å². The highest BCUT2D eigenvalue weighted by atomic mass is 35.5. The van der Waals surface area contributed by atoms with E-state index >= 15 is 0 Å². The van der Waals surface area contributed by atoms with Crippen molar-refractivity contribution < 1.29 is 5.11 Å². The van der Waals surface area contributed by atoms with Gasteiger partial charge in [0.15, 0.2) is 0 Å². The molecule has 0 saturated heterocycles. The van der Waals surface area contributed by atoms with Gasteiger partial charge in [0.2, 0.25) is 0 Å². The van der Waals surface area contributed by atoms with Crippen LogP contribution in [0.5, 0.6) is 0 Å². The van der Waals surface area contributed by atoms with E-state index < -0.39 is 0 Å². The van der Waals surface area contributed by atoms with E-state index in [1.54, 1.807) is 6.07 Å². The average molecular weight is 274 g/mol. The topological polar surface area (TPSA) is 33.1 Å². The van der Waals surface area contributed by atoms with Crippen LogP contribution in [0.2, 0.25) is 10.0 Å². The second-order valence-corrected chi connectivity index (χ2v) is 5.09. The lowest BCUT2D eigenvalue weighted by Gasteiger charge is -2.01. The molecular formula is C11H9Cl2NOS. The first-order chi connectivity index (χ1) is 7.69. The third-order valence-electron chi connectivity index (χ3n) is 2.12. The number of rotatable bonds is 3. The number of halogens is 2. The quantitative estimate of drug-likeness (QED) is 0.928. The number of thiazole rings is 1. The van der Waals surface area contributed by atoms with Crippen LogP contribution in [0.15, 0.2) is 23.6 Å². The van der Waals surface area contributed by atoms with Gasteiger partial charge in [0.25, 0.3) is 0 Å². The fourth-order valence-corrected chi connectivity index (χ4v) is 2.61. The summed E-state index contributed by atoms with van der Waals surface area (Å²) in [6.45, 7) is -0.0230. The minimum Gasteiger partial charge on any atom is -0.390 e. The number of aliphatic hydroxyl groups is 1. The molecule has 0 saturated carbocycles. The van der Waals surface area contributed by atoms with Crippen molar-refractivity contribution >= 4 is 34.5 Å². The zero-order valence-electron chi connectivity index (χ0n) is 8.28. The maximum absolute atomic E-state index is 8.91. The lowest BCUT2D eigenvalue weighted by atomic mass is 10.1. The van der Waals surface area contributed by atoms with Crippen molar-refractivity contribution in [2.45, 2.75) is 13.0 Å². The summed E-state index contributed by atoms with van der Waals surface area (Å²) < 4.78 is 0. The molecule has 1 N–H and O–H groups in total. The van der Waals surface area contributed by atoms with Crippen LogP contribution in [-0.4, -0.2) is 10.1 Å². The molecule has 5 heteroatoms. The highest BCUT2D eigenvalue weighted by Gasteiger charge is 2.06. The zero-order valence-corrected chi connectivity index (χ0v) is 10.6. The second-order valence-electron chi connectivity index (χ2n) is 3.30. The van der Waals surface area contributed by atoms with Crippen LogP contribution in [0, 0.1) is 0 Å². The lowest BCUT2D eigenvalue weighted by Crippen LogP contribution is -1.90. The number of hydrogen-bond donors (Lipinski definition) is 1. The Morgan fingerprint density at radius 2 is 2.12 bits per heavy atom. The smallest absolute Gasteiger partial charge is 0.0973 e. The van der Waals surface area contributed by atoms with E-state index in [4.69, 9.17) is 28.3 Å². The summed E-state index contributed by atoms with van der Waals surface area (Å²) >= 11 is 13.4. The van der Waals surface area contributed by atoms with E-state index in [1.165, 1.54) is 11.3 Å². The van der Waals surface area contributed by atoms with Crippen molar-refractivity contribution in [1.82, 2.24) is 4.98 Å². The highest BCUT2D eigenvalue weighted by Crippen LogP contribution is 2.24. The standard InChI is InChI=1S/C11H9Cl2NOS/c12-8-2-1-7(10(13)4-8)3-11-14-9(5-15)6-16-11/h1-2,4,6,15H,3,5H2. The van der Waals surface area contributed by atoms with Crippen LogP contribution in [-0.2, 0) is 13.0 Å². The van der Waals surface area contributed by atoms with Crippen LogP contribution in [0.25, 0.3) is 0 Å². The molecule has 0 fully saturated rings. The Kier molecular flexibility index (Phi) is 3.82. The summed E-state index contributed by atoms with van der Waals surface area (Å²) in [4.78, 5) is 4.26. The van der Waals surface area contributed by atoms with E-state index in [1.807, 2.05) is 17.5 Å². The predicted molar refractivity (Wildman–Crippen MR) is 67.3 cm³/mol. The number of nitrogens with zero attached hydrogens (tertiary/aromatic N) is 1. The van der Waals surface area contributed by atoms with E-state index in [0.717, 1.165) is 10.6 Å². The summed E-state index contributed by atoms with van der Waals surface area (Å²) in [7, 11) is 0.